The Labute approximate surface area is 120 Å². The highest BCUT2D eigenvalue weighted by atomic mass is 35.5. The van der Waals surface area contributed by atoms with Gasteiger partial charge >= 0.3 is 0 Å². The fourth-order valence-corrected chi connectivity index (χ4v) is 2.31. The third kappa shape index (κ3) is 4.93. The smallest absolute Gasteiger partial charge is 0.158 e. The fraction of sp³-hybridized carbons (Fsp3) is 0.692. The van der Waals surface area contributed by atoms with E-state index in [-0.39, 0.29) is 0 Å². The predicted molar refractivity (Wildman–Crippen MR) is 78.8 cm³/mol. The third-order valence-corrected chi connectivity index (χ3v) is 2.99. The summed E-state index contributed by atoms with van der Waals surface area (Å²) in [7, 11) is 5.75. The van der Waals surface area contributed by atoms with Crippen LogP contribution in [0, 0.1) is 0 Å². The van der Waals surface area contributed by atoms with Crippen LogP contribution in [0.2, 0.25) is 5.15 Å². The molecule has 0 aromatic carbocycles. The first-order valence-electron chi connectivity index (χ1n) is 6.41. The summed E-state index contributed by atoms with van der Waals surface area (Å²) in [5.74, 6) is 1.46. The zero-order valence-electron chi connectivity index (χ0n) is 12.4. The van der Waals surface area contributed by atoms with E-state index < -0.39 is 0 Å². The molecule has 0 fully saturated rings. The maximum Gasteiger partial charge on any atom is 0.158 e. The molecule has 0 bridgehead atoms. The number of anilines is 1. The molecule has 0 radical (unpaired) electrons. The number of halogens is 1. The highest BCUT2D eigenvalue weighted by Gasteiger charge is 2.16. The summed E-state index contributed by atoms with van der Waals surface area (Å²) in [4.78, 5) is 13.0. The molecule has 108 valence electrons. The second kappa shape index (κ2) is 7.62. The summed E-state index contributed by atoms with van der Waals surface area (Å²) in [6.07, 6.45) is 0. The van der Waals surface area contributed by atoms with Crippen molar-refractivity contribution >= 4 is 17.4 Å². The zero-order chi connectivity index (χ0) is 14.4. The van der Waals surface area contributed by atoms with Gasteiger partial charge in [-0.2, -0.15) is 0 Å². The van der Waals surface area contributed by atoms with Crippen molar-refractivity contribution in [3.63, 3.8) is 0 Å². The Kier molecular flexibility index (Phi) is 6.48. The Hall–Kier alpha value is -0.910. The predicted octanol–water partition coefficient (Wildman–Crippen LogP) is 2.05. The van der Waals surface area contributed by atoms with Crippen molar-refractivity contribution < 1.29 is 4.74 Å². The van der Waals surface area contributed by atoms with Crippen molar-refractivity contribution in [3.8, 4) is 0 Å². The van der Waals surface area contributed by atoms with E-state index >= 15 is 0 Å². The van der Waals surface area contributed by atoms with Gasteiger partial charge in [0, 0.05) is 32.3 Å². The molecule has 0 saturated carbocycles. The summed E-state index contributed by atoms with van der Waals surface area (Å²) in [5.41, 5.74) is 0. The highest BCUT2D eigenvalue weighted by molar-refractivity contribution is 6.29. The van der Waals surface area contributed by atoms with Gasteiger partial charge in [-0.25, -0.2) is 9.97 Å². The van der Waals surface area contributed by atoms with E-state index in [4.69, 9.17) is 16.3 Å². The summed E-state index contributed by atoms with van der Waals surface area (Å²) in [6, 6.07) is 2.15. The SMILES string of the molecule is CCN(c1cc(Cl)nc(COC)n1)C(C)CN(C)C. The van der Waals surface area contributed by atoms with E-state index in [2.05, 4.69) is 47.7 Å². The van der Waals surface area contributed by atoms with E-state index in [9.17, 15) is 0 Å². The van der Waals surface area contributed by atoms with E-state index in [1.807, 2.05) is 0 Å². The number of rotatable bonds is 7. The molecule has 0 aliphatic carbocycles. The molecule has 1 rings (SSSR count). The minimum atomic E-state index is 0.348. The van der Waals surface area contributed by atoms with Crippen LogP contribution in [0.5, 0.6) is 0 Å². The number of ether oxygens (including phenoxy) is 1. The van der Waals surface area contributed by atoms with Gasteiger partial charge in [-0.3, -0.25) is 0 Å². The largest absolute Gasteiger partial charge is 0.377 e. The highest BCUT2D eigenvalue weighted by Crippen LogP contribution is 2.19. The first-order chi connectivity index (χ1) is 8.97. The van der Waals surface area contributed by atoms with Crippen LogP contribution in [-0.4, -0.2) is 55.2 Å². The van der Waals surface area contributed by atoms with Crippen LogP contribution in [0.25, 0.3) is 0 Å². The summed E-state index contributed by atoms with van der Waals surface area (Å²) in [6.45, 7) is 6.48. The van der Waals surface area contributed by atoms with Crippen molar-refractivity contribution in [2.45, 2.75) is 26.5 Å². The minimum absolute atomic E-state index is 0.348. The van der Waals surface area contributed by atoms with E-state index in [1.54, 1.807) is 13.2 Å². The van der Waals surface area contributed by atoms with Crippen molar-refractivity contribution in [2.75, 3.05) is 39.2 Å². The van der Waals surface area contributed by atoms with Gasteiger partial charge in [0.05, 0.1) is 0 Å². The molecule has 0 saturated heterocycles. The van der Waals surface area contributed by atoms with Gasteiger partial charge < -0.3 is 14.5 Å². The van der Waals surface area contributed by atoms with Crippen molar-refractivity contribution in [1.82, 2.24) is 14.9 Å². The monoisotopic (exact) mass is 286 g/mol. The number of hydrogen-bond acceptors (Lipinski definition) is 5. The van der Waals surface area contributed by atoms with Gasteiger partial charge in [-0.1, -0.05) is 11.6 Å². The molecule has 1 aromatic rings. The van der Waals surface area contributed by atoms with Gasteiger partial charge in [0.1, 0.15) is 17.6 Å². The van der Waals surface area contributed by atoms with Gasteiger partial charge in [0.15, 0.2) is 5.82 Å². The van der Waals surface area contributed by atoms with Crippen molar-refractivity contribution in [2.24, 2.45) is 0 Å². The van der Waals surface area contributed by atoms with Crippen LogP contribution in [0.15, 0.2) is 6.07 Å². The van der Waals surface area contributed by atoms with Crippen LogP contribution in [0.1, 0.15) is 19.7 Å². The molecule has 1 unspecified atom stereocenters. The molecule has 0 N–H and O–H groups in total. The Morgan fingerprint density at radius 1 is 1.37 bits per heavy atom. The normalized spacial score (nSPS) is 12.8. The Balaban J connectivity index is 2.96. The number of nitrogens with zero attached hydrogens (tertiary/aromatic N) is 4. The summed E-state index contributed by atoms with van der Waals surface area (Å²) in [5, 5.41) is 0.451. The molecule has 0 aliphatic rings. The van der Waals surface area contributed by atoms with Gasteiger partial charge in [0.25, 0.3) is 0 Å². The van der Waals surface area contributed by atoms with Crippen molar-refractivity contribution in [1.29, 1.82) is 0 Å². The molecule has 1 heterocycles. The number of aromatic nitrogens is 2. The molecule has 5 nitrogen and oxygen atoms in total. The van der Waals surface area contributed by atoms with E-state index in [0.29, 0.717) is 23.6 Å². The average Bonchev–Trinajstić information content (AvgIpc) is 2.28. The average molecular weight is 287 g/mol. The third-order valence-electron chi connectivity index (χ3n) is 2.80. The first kappa shape index (κ1) is 16.1. The Morgan fingerprint density at radius 2 is 2.05 bits per heavy atom. The van der Waals surface area contributed by atoms with Crippen LogP contribution in [0.3, 0.4) is 0 Å². The van der Waals surface area contributed by atoms with Crippen LogP contribution in [-0.2, 0) is 11.3 Å². The lowest BCUT2D eigenvalue weighted by molar-refractivity contribution is 0.178. The van der Waals surface area contributed by atoms with Gasteiger partial charge in [-0.05, 0) is 27.9 Å². The molecule has 19 heavy (non-hydrogen) atoms. The number of methoxy groups -OCH3 is 1. The van der Waals surface area contributed by atoms with E-state index in [0.717, 1.165) is 18.9 Å². The van der Waals surface area contributed by atoms with E-state index in [1.165, 1.54) is 0 Å². The standard InChI is InChI=1S/C13H23ClN4O/c1-6-18(10(2)8-17(3)4)13-7-11(14)15-12(16-13)9-19-5/h7,10H,6,8-9H2,1-5H3. The lowest BCUT2D eigenvalue weighted by Crippen LogP contribution is -2.40. The molecule has 0 aliphatic heterocycles. The molecule has 1 aromatic heterocycles. The maximum atomic E-state index is 6.05. The second-order valence-electron chi connectivity index (χ2n) is 4.80. The molecular weight excluding hydrogens is 264 g/mol. The van der Waals surface area contributed by atoms with Crippen LogP contribution >= 0.6 is 11.6 Å². The Morgan fingerprint density at radius 3 is 2.58 bits per heavy atom. The lowest BCUT2D eigenvalue weighted by Gasteiger charge is -2.31. The fourth-order valence-electron chi connectivity index (χ4n) is 2.12. The molecule has 0 spiro atoms. The second-order valence-corrected chi connectivity index (χ2v) is 5.18. The van der Waals surface area contributed by atoms with Gasteiger partial charge in [0.2, 0.25) is 0 Å². The topological polar surface area (TPSA) is 41.5 Å². The zero-order valence-corrected chi connectivity index (χ0v) is 13.1. The first-order valence-corrected chi connectivity index (χ1v) is 6.79. The van der Waals surface area contributed by atoms with Crippen LogP contribution < -0.4 is 4.90 Å². The minimum Gasteiger partial charge on any atom is -0.377 e. The van der Waals surface area contributed by atoms with Crippen molar-refractivity contribution in [3.05, 3.63) is 17.0 Å². The molecule has 0 amide bonds. The number of hydrogen-bond donors (Lipinski definition) is 0. The number of likely N-dealkylation sites (N-methyl/N-ethyl adjacent to an activating group) is 2. The molecule has 6 heteroatoms. The molecule has 1 atom stereocenters. The van der Waals surface area contributed by atoms with Crippen LogP contribution in [0.4, 0.5) is 5.82 Å². The quantitative estimate of drug-likeness (QED) is 0.718. The summed E-state index contributed by atoms with van der Waals surface area (Å²) < 4.78 is 5.07. The summed E-state index contributed by atoms with van der Waals surface area (Å²) >= 11 is 6.05. The Bertz CT molecular complexity index is 400. The molecular formula is C13H23ClN4O. The maximum absolute atomic E-state index is 6.05. The van der Waals surface area contributed by atoms with Gasteiger partial charge in [-0.15, -0.1) is 0 Å². The lowest BCUT2D eigenvalue weighted by atomic mass is 10.2.